The Balaban J connectivity index is 2.16. The van der Waals surface area contributed by atoms with Crippen LogP contribution in [0.15, 0.2) is 18.5 Å². The number of hydrogen-bond acceptors (Lipinski definition) is 6. The topological polar surface area (TPSA) is 93.0 Å². The molecular weight excluding hydrogens is 244 g/mol. The van der Waals surface area contributed by atoms with Gasteiger partial charge in [0.05, 0.1) is 12.6 Å². The molecule has 0 aliphatic heterocycles. The van der Waals surface area contributed by atoms with Crippen LogP contribution in [-0.4, -0.2) is 33.1 Å². The molecule has 0 radical (unpaired) electrons. The smallest absolute Gasteiger partial charge is 0.225 e. The Morgan fingerprint density at radius 3 is 2.84 bits per heavy atom. The van der Waals surface area contributed by atoms with Crippen molar-refractivity contribution in [3.63, 3.8) is 0 Å². The van der Waals surface area contributed by atoms with Crippen LogP contribution in [0.3, 0.4) is 0 Å². The largest absolute Gasteiger partial charge is 0.475 e. The number of nitrogens with two attached hydrogens (primary N) is 1. The molecular formula is C12H18N6O. The van der Waals surface area contributed by atoms with Crippen LogP contribution in [0.25, 0.3) is 0 Å². The van der Waals surface area contributed by atoms with Gasteiger partial charge >= 0.3 is 0 Å². The van der Waals surface area contributed by atoms with Crippen molar-refractivity contribution in [1.29, 1.82) is 0 Å². The molecule has 0 saturated heterocycles. The number of aromatic nitrogens is 4. The quantitative estimate of drug-likeness (QED) is 0.841. The summed E-state index contributed by atoms with van der Waals surface area (Å²) in [7, 11) is 1.91. The van der Waals surface area contributed by atoms with Crippen LogP contribution < -0.4 is 15.4 Å². The van der Waals surface area contributed by atoms with Gasteiger partial charge in [-0.1, -0.05) is 0 Å². The normalized spacial score (nSPS) is 10.7. The summed E-state index contributed by atoms with van der Waals surface area (Å²) in [5.41, 5.74) is 5.69. The minimum absolute atomic E-state index is 0.0394. The minimum atomic E-state index is 0.0394. The molecule has 0 aromatic carbocycles. The van der Waals surface area contributed by atoms with Crippen molar-refractivity contribution in [1.82, 2.24) is 19.9 Å². The van der Waals surface area contributed by atoms with E-state index in [0.717, 1.165) is 5.82 Å². The number of anilines is 2. The maximum absolute atomic E-state index is 5.69. The van der Waals surface area contributed by atoms with Crippen molar-refractivity contribution < 1.29 is 4.74 Å². The van der Waals surface area contributed by atoms with Crippen molar-refractivity contribution in [3.8, 4) is 5.88 Å². The summed E-state index contributed by atoms with van der Waals surface area (Å²) >= 11 is 0. The molecule has 0 amide bonds. The van der Waals surface area contributed by atoms with Gasteiger partial charge in [-0.3, -0.25) is 0 Å². The van der Waals surface area contributed by atoms with Crippen molar-refractivity contribution in [2.75, 3.05) is 17.7 Å². The number of rotatable bonds is 5. The predicted octanol–water partition coefficient (Wildman–Crippen LogP) is 1.21. The molecule has 7 nitrogen and oxygen atoms in total. The van der Waals surface area contributed by atoms with E-state index in [1.807, 2.05) is 25.8 Å². The van der Waals surface area contributed by atoms with Gasteiger partial charge in [-0.25, -0.2) is 4.98 Å². The monoisotopic (exact) mass is 262 g/mol. The van der Waals surface area contributed by atoms with E-state index < -0.39 is 0 Å². The van der Waals surface area contributed by atoms with Crippen LogP contribution in [0.2, 0.25) is 0 Å². The van der Waals surface area contributed by atoms with E-state index in [2.05, 4.69) is 19.9 Å². The van der Waals surface area contributed by atoms with Crippen molar-refractivity contribution in [2.45, 2.75) is 26.5 Å². The van der Waals surface area contributed by atoms with Gasteiger partial charge in [-0.05, 0) is 13.8 Å². The number of imidazole rings is 1. The van der Waals surface area contributed by atoms with Gasteiger partial charge in [-0.2, -0.15) is 9.97 Å². The fourth-order valence-corrected chi connectivity index (χ4v) is 1.62. The maximum atomic E-state index is 5.69. The van der Waals surface area contributed by atoms with E-state index in [9.17, 15) is 0 Å². The molecule has 19 heavy (non-hydrogen) atoms. The average Bonchev–Trinajstić information content (AvgIpc) is 2.80. The fourth-order valence-electron chi connectivity index (χ4n) is 1.62. The van der Waals surface area contributed by atoms with E-state index >= 15 is 0 Å². The van der Waals surface area contributed by atoms with Gasteiger partial charge in [-0.15, -0.1) is 0 Å². The summed E-state index contributed by atoms with van der Waals surface area (Å²) in [4.78, 5) is 17.4. The third-order valence-corrected chi connectivity index (χ3v) is 2.40. The highest BCUT2D eigenvalue weighted by Gasteiger charge is 2.10. The molecule has 0 aliphatic rings. The van der Waals surface area contributed by atoms with E-state index in [0.29, 0.717) is 18.2 Å². The zero-order valence-electron chi connectivity index (χ0n) is 11.3. The average molecular weight is 262 g/mol. The molecule has 3 N–H and O–H groups in total. The Labute approximate surface area is 111 Å². The predicted molar refractivity (Wildman–Crippen MR) is 72.9 cm³/mol. The van der Waals surface area contributed by atoms with Crippen LogP contribution in [0, 0.1) is 0 Å². The second-order valence-corrected chi connectivity index (χ2v) is 4.48. The van der Waals surface area contributed by atoms with Crippen LogP contribution in [0.1, 0.15) is 19.7 Å². The Morgan fingerprint density at radius 1 is 1.42 bits per heavy atom. The Kier molecular flexibility index (Phi) is 3.84. The van der Waals surface area contributed by atoms with Gasteiger partial charge in [0.2, 0.25) is 11.8 Å². The molecule has 2 aromatic rings. The molecule has 0 fully saturated rings. The van der Waals surface area contributed by atoms with E-state index in [1.54, 1.807) is 18.5 Å². The third-order valence-electron chi connectivity index (χ3n) is 2.40. The molecule has 2 aromatic heterocycles. The van der Waals surface area contributed by atoms with Crippen LogP contribution in [0.4, 0.5) is 11.8 Å². The number of nitrogens with one attached hydrogen (secondary N) is 1. The molecule has 0 saturated carbocycles. The highest BCUT2D eigenvalue weighted by molar-refractivity contribution is 5.44. The van der Waals surface area contributed by atoms with Crippen molar-refractivity contribution >= 4 is 11.8 Å². The summed E-state index contributed by atoms with van der Waals surface area (Å²) in [5.74, 6) is 2.22. The standard InChI is InChI=1S/C12H18N6O/c1-8(2)19-11-6-10(16-12(13)17-11)18(3)7-9-14-4-5-15-9/h4-6,8H,7H2,1-3H3,(H,14,15)(H2,13,16,17). The lowest BCUT2D eigenvalue weighted by molar-refractivity contribution is 0.232. The van der Waals surface area contributed by atoms with Crippen LogP contribution in [0.5, 0.6) is 5.88 Å². The second kappa shape index (κ2) is 5.55. The number of ether oxygens (including phenoxy) is 1. The zero-order chi connectivity index (χ0) is 13.8. The lowest BCUT2D eigenvalue weighted by Crippen LogP contribution is -2.20. The summed E-state index contributed by atoms with van der Waals surface area (Å²) in [6, 6.07) is 1.76. The first-order valence-corrected chi connectivity index (χ1v) is 6.05. The van der Waals surface area contributed by atoms with Gasteiger partial charge in [0, 0.05) is 25.5 Å². The molecule has 7 heteroatoms. The van der Waals surface area contributed by atoms with E-state index in [1.165, 1.54) is 0 Å². The maximum Gasteiger partial charge on any atom is 0.225 e. The van der Waals surface area contributed by atoms with Gasteiger partial charge in [0.15, 0.2) is 0 Å². The molecule has 102 valence electrons. The highest BCUT2D eigenvalue weighted by Crippen LogP contribution is 2.19. The van der Waals surface area contributed by atoms with Gasteiger partial charge in [0.25, 0.3) is 0 Å². The first-order chi connectivity index (χ1) is 9.04. The summed E-state index contributed by atoms with van der Waals surface area (Å²) in [6.45, 7) is 4.47. The Bertz CT molecular complexity index is 525. The van der Waals surface area contributed by atoms with Crippen LogP contribution >= 0.6 is 0 Å². The summed E-state index contributed by atoms with van der Waals surface area (Å²) in [6.07, 6.45) is 3.54. The van der Waals surface area contributed by atoms with E-state index in [-0.39, 0.29) is 12.1 Å². The number of nitrogens with zero attached hydrogens (tertiary/aromatic N) is 4. The van der Waals surface area contributed by atoms with Gasteiger partial charge < -0.3 is 20.4 Å². The molecule has 0 unspecified atom stereocenters. The molecule has 0 spiro atoms. The Hall–Kier alpha value is -2.31. The first kappa shape index (κ1) is 13.1. The molecule has 0 bridgehead atoms. The lowest BCUT2D eigenvalue weighted by atomic mass is 10.4. The Morgan fingerprint density at radius 2 is 2.21 bits per heavy atom. The molecule has 0 atom stereocenters. The lowest BCUT2D eigenvalue weighted by Gasteiger charge is -2.18. The third kappa shape index (κ3) is 3.57. The first-order valence-electron chi connectivity index (χ1n) is 6.05. The molecule has 2 rings (SSSR count). The minimum Gasteiger partial charge on any atom is -0.475 e. The van der Waals surface area contributed by atoms with Gasteiger partial charge in [0.1, 0.15) is 11.6 Å². The number of H-pyrrole nitrogens is 1. The van der Waals surface area contributed by atoms with Crippen molar-refractivity contribution in [3.05, 3.63) is 24.3 Å². The fraction of sp³-hybridized carbons (Fsp3) is 0.417. The zero-order valence-corrected chi connectivity index (χ0v) is 11.3. The number of hydrogen-bond donors (Lipinski definition) is 2. The highest BCUT2D eigenvalue weighted by atomic mass is 16.5. The molecule has 0 aliphatic carbocycles. The van der Waals surface area contributed by atoms with E-state index in [4.69, 9.17) is 10.5 Å². The van der Waals surface area contributed by atoms with Crippen molar-refractivity contribution in [2.24, 2.45) is 0 Å². The summed E-state index contributed by atoms with van der Waals surface area (Å²) in [5, 5.41) is 0. The SMILES string of the molecule is CC(C)Oc1cc(N(C)Cc2ncc[nH]2)nc(N)n1. The molecule has 2 heterocycles. The second-order valence-electron chi connectivity index (χ2n) is 4.48. The summed E-state index contributed by atoms with van der Waals surface area (Å²) < 4.78 is 5.54. The number of aromatic amines is 1. The number of nitrogen functional groups attached to an aromatic ring is 1. The van der Waals surface area contributed by atoms with Crippen LogP contribution in [-0.2, 0) is 6.54 Å².